The minimum Gasteiger partial charge on any atom is -0.462 e. The fraction of sp³-hybridized carbons (Fsp3) is 0.500. The molecular weight excluding hydrogens is 258 g/mol. The molecule has 0 saturated heterocycles. The fourth-order valence-electron chi connectivity index (χ4n) is 1.57. The van der Waals surface area contributed by atoms with Gasteiger partial charge in [-0.25, -0.2) is 9.78 Å². The van der Waals surface area contributed by atoms with Crippen molar-refractivity contribution in [2.24, 2.45) is 0 Å². The normalized spacial score (nSPS) is 11.6. The number of amides is 1. The molecule has 0 aliphatic heterocycles. The molecule has 1 atom stereocenters. The lowest BCUT2D eigenvalue weighted by atomic mass is 10.2. The minimum absolute atomic E-state index is 0.132. The number of hydrogen-bond donors (Lipinski definition) is 2. The maximum atomic E-state index is 11.8. The average Bonchev–Trinajstić information content (AvgIpc) is 2.45. The van der Waals surface area contributed by atoms with E-state index < -0.39 is 12.0 Å². The maximum Gasteiger partial charge on any atom is 0.341 e. The van der Waals surface area contributed by atoms with Gasteiger partial charge in [0.2, 0.25) is 5.91 Å². The van der Waals surface area contributed by atoms with Crippen molar-refractivity contribution >= 4 is 17.7 Å². The molecule has 2 N–H and O–H groups in total. The summed E-state index contributed by atoms with van der Waals surface area (Å²) in [6.45, 7) is 6.35. The largest absolute Gasteiger partial charge is 0.462 e. The molecule has 0 aromatic carbocycles. The Morgan fingerprint density at radius 2 is 2.15 bits per heavy atom. The van der Waals surface area contributed by atoms with Crippen molar-refractivity contribution in [3.05, 3.63) is 23.9 Å². The first-order valence-electron chi connectivity index (χ1n) is 6.76. The van der Waals surface area contributed by atoms with Crippen LogP contribution in [0.5, 0.6) is 0 Å². The van der Waals surface area contributed by atoms with Crippen molar-refractivity contribution in [2.75, 3.05) is 18.5 Å². The van der Waals surface area contributed by atoms with E-state index in [4.69, 9.17) is 4.74 Å². The number of nitrogens with one attached hydrogen (secondary N) is 2. The van der Waals surface area contributed by atoms with Gasteiger partial charge in [0.1, 0.15) is 17.4 Å². The lowest BCUT2D eigenvalue weighted by Crippen LogP contribution is -2.38. The lowest BCUT2D eigenvalue weighted by Gasteiger charge is -2.16. The van der Waals surface area contributed by atoms with Crippen LogP contribution in [-0.2, 0) is 9.53 Å². The number of hydrogen-bond acceptors (Lipinski definition) is 5. The van der Waals surface area contributed by atoms with Crippen LogP contribution in [0, 0.1) is 0 Å². The first-order chi connectivity index (χ1) is 9.60. The molecule has 0 spiro atoms. The highest BCUT2D eigenvalue weighted by Gasteiger charge is 2.18. The highest BCUT2D eigenvalue weighted by Crippen LogP contribution is 2.14. The number of anilines is 1. The van der Waals surface area contributed by atoms with Crippen LogP contribution >= 0.6 is 0 Å². The molecule has 6 heteroatoms. The van der Waals surface area contributed by atoms with Crippen molar-refractivity contribution in [3.63, 3.8) is 0 Å². The summed E-state index contributed by atoms with van der Waals surface area (Å²) in [7, 11) is 0. The third-order valence-electron chi connectivity index (χ3n) is 2.60. The van der Waals surface area contributed by atoms with Crippen molar-refractivity contribution in [3.8, 4) is 0 Å². The second-order valence-corrected chi connectivity index (χ2v) is 4.28. The monoisotopic (exact) mass is 279 g/mol. The van der Waals surface area contributed by atoms with E-state index >= 15 is 0 Å². The number of pyridine rings is 1. The summed E-state index contributed by atoms with van der Waals surface area (Å²) in [6, 6.07) is 2.79. The molecule has 1 rings (SSSR count). The molecule has 1 aromatic heterocycles. The van der Waals surface area contributed by atoms with Gasteiger partial charge in [0.15, 0.2) is 0 Å². The fourth-order valence-corrected chi connectivity index (χ4v) is 1.57. The van der Waals surface area contributed by atoms with Crippen LogP contribution in [0.15, 0.2) is 18.3 Å². The zero-order valence-corrected chi connectivity index (χ0v) is 12.1. The van der Waals surface area contributed by atoms with Crippen molar-refractivity contribution < 1.29 is 14.3 Å². The molecule has 6 nitrogen and oxygen atoms in total. The van der Waals surface area contributed by atoms with Crippen LogP contribution in [0.4, 0.5) is 5.82 Å². The minimum atomic E-state index is -0.482. The Bertz CT molecular complexity index is 463. The third-order valence-corrected chi connectivity index (χ3v) is 2.60. The smallest absolute Gasteiger partial charge is 0.341 e. The molecule has 110 valence electrons. The van der Waals surface area contributed by atoms with E-state index in [0.717, 1.165) is 6.42 Å². The molecule has 0 saturated carbocycles. The van der Waals surface area contributed by atoms with E-state index in [0.29, 0.717) is 24.5 Å². The first-order valence-corrected chi connectivity index (χ1v) is 6.76. The van der Waals surface area contributed by atoms with Crippen molar-refractivity contribution in [2.45, 2.75) is 33.2 Å². The number of rotatable bonds is 7. The van der Waals surface area contributed by atoms with E-state index in [1.54, 1.807) is 32.2 Å². The predicted molar refractivity (Wildman–Crippen MR) is 76.6 cm³/mol. The summed E-state index contributed by atoms with van der Waals surface area (Å²) in [5.74, 6) is -0.235. The number of ether oxygens (including phenoxy) is 1. The Morgan fingerprint density at radius 1 is 1.40 bits per heavy atom. The first kappa shape index (κ1) is 15.9. The molecule has 0 aliphatic rings. The van der Waals surface area contributed by atoms with E-state index in [1.165, 1.54) is 0 Å². The second-order valence-electron chi connectivity index (χ2n) is 4.28. The molecule has 1 unspecified atom stereocenters. The van der Waals surface area contributed by atoms with Gasteiger partial charge in [0.25, 0.3) is 0 Å². The van der Waals surface area contributed by atoms with Gasteiger partial charge in [-0.2, -0.15) is 0 Å². The molecule has 1 heterocycles. The number of carbonyl (C=O) groups is 2. The number of aromatic nitrogens is 1. The Morgan fingerprint density at radius 3 is 2.80 bits per heavy atom. The summed E-state index contributed by atoms with van der Waals surface area (Å²) < 4.78 is 4.96. The summed E-state index contributed by atoms with van der Waals surface area (Å²) in [4.78, 5) is 27.7. The third kappa shape index (κ3) is 4.53. The lowest BCUT2D eigenvalue weighted by molar-refractivity contribution is -0.121. The standard InChI is InChI=1S/C14H21N3O3/c1-4-8-16-13(18)10(3)17-12-11(7-6-9-15-12)14(19)20-5-2/h6-7,9-10H,4-5,8H2,1-3H3,(H,15,17)(H,16,18). The average molecular weight is 279 g/mol. The highest BCUT2D eigenvalue weighted by atomic mass is 16.5. The van der Waals surface area contributed by atoms with Gasteiger partial charge in [-0.15, -0.1) is 0 Å². The van der Waals surface area contributed by atoms with Crippen LogP contribution in [0.1, 0.15) is 37.6 Å². The van der Waals surface area contributed by atoms with Crippen LogP contribution in [0.2, 0.25) is 0 Å². The van der Waals surface area contributed by atoms with Gasteiger partial charge in [-0.3, -0.25) is 4.79 Å². The molecule has 0 aliphatic carbocycles. The van der Waals surface area contributed by atoms with Crippen LogP contribution in [0.3, 0.4) is 0 Å². The van der Waals surface area contributed by atoms with E-state index in [1.807, 2.05) is 6.92 Å². The van der Waals surface area contributed by atoms with Gasteiger partial charge in [-0.05, 0) is 32.4 Å². The summed E-state index contributed by atoms with van der Waals surface area (Å²) >= 11 is 0. The predicted octanol–water partition coefficient (Wildman–Crippen LogP) is 1.58. The Kier molecular flexibility index (Phi) is 6.49. The van der Waals surface area contributed by atoms with E-state index in [-0.39, 0.29) is 5.91 Å². The zero-order chi connectivity index (χ0) is 15.0. The topological polar surface area (TPSA) is 80.3 Å². The summed E-state index contributed by atoms with van der Waals surface area (Å²) in [5.41, 5.74) is 0.324. The molecule has 0 fully saturated rings. The molecule has 0 bridgehead atoms. The maximum absolute atomic E-state index is 11.8. The van der Waals surface area contributed by atoms with Gasteiger partial charge < -0.3 is 15.4 Å². The van der Waals surface area contributed by atoms with Gasteiger partial charge in [0.05, 0.1) is 6.61 Å². The summed E-state index contributed by atoms with van der Waals surface area (Å²) in [5, 5.41) is 5.72. The van der Waals surface area contributed by atoms with Crippen molar-refractivity contribution in [1.82, 2.24) is 10.3 Å². The highest BCUT2D eigenvalue weighted by molar-refractivity contribution is 5.95. The van der Waals surface area contributed by atoms with Gasteiger partial charge in [-0.1, -0.05) is 6.92 Å². The van der Waals surface area contributed by atoms with Crippen LogP contribution in [-0.4, -0.2) is 36.1 Å². The number of nitrogens with zero attached hydrogens (tertiary/aromatic N) is 1. The molecule has 1 aromatic rings. The zero-order valence-electron chi connectivity index (χ0n) is 12.1. The van der Waals surface area contributed by atoms with Crippen molar-refractivity contribution in [1.29, 1.82) is 0 Å². The quantitative estimate of drug-likeness (QED) is 0.741. The Labute approximate surface area is 118 Å². The number of esters is 1. The van der Waals surface area contributed by atoms with Crippen LogP contribution < -0.4 is 10.6 Å². The van der Waals surface area contributed by atoms with Gasteiger partial charge in [0, 0.05) is 12.7 Å². The Balaban J connectivity index is 2.76. The second kappa shape index (κ2) is 8.14. The summed E-state index contributed by atoms with van der Waals surface area (Å²) in [6.07, 6.45) is 2.43. The molecule has 1 amide bonds. The molecule has 20 heavy (non-hydrogen) atoms. The number of carbonyl (C=O) groups excluding carboxylic acids is 2. The van der Waals surface area contributed by atoms with Gasteiger partial charge >= 0.3 is 5.97 Å². The SMILES string of the molecule is CCCNC(=O)C(C)Nc1ncccc1C(=O)OCC. The molecule has 0 radical (unpaired) electrons. The van der Waals surface area contributed by atoms with Crippen LogP contribution in [0.25, 0.3) is 0 Å². The Hall–Kier alpha value is -2.11. The molecular formula is C14H21N3O3. The van der Waals surface area contributed by atoms with E-state index in [2.05, 4.69) is 15.6 Å². The van der Waals surface area contributed by atoms with E-state index in [9.17, 15) is 9.59 Å².